The first-order valence-electron chi connectivity index (χ1n) is 7.37. The summed E-state index contributed by atoms with van der Waals surface area (Å²) in [6, 6.07) is 5.04. The molecule has 0 unspecified atom stereocenters. The summed E-state index contributed by atoms with van der Waals surface area (Å²) < 4.78 is 18.6. The second-order valence-corrected chi connectivity index (χ2v) is 6.19. The van der Waals surface area contributed by atoms with Gasteiger partial charge in [-0.05, 0) is 37.9 Å². The summed E-state index contributed by atoms with van der Waals surface area (Å²) in [5.41, 5.74) is 0.966. The highest BCUT2D eigenvalue weighted by atomic mass is 35.5. The number of carbonyl (C=O) groups is 1. The van der Waals surface area contributed by atoms with E-state index in [2.05, 4.69) is 10.3 Å². The predicted molar refractivity (Wildman–Crippen MR) is 89.5 cm³/mol. The molecule has 124 valence electrons. The Kier molecular flexibility index (Phi) is 6.95. The predicted octanol–water partition coefficient (Wildman–Crippen LogP) is 3.83. The van der Waals surface area contributed by atoms with Crippen LogP contribution in [0.2, 0.25) is 5.02 Å². The van der Waals surface area contributed by atoms with E-state index in [1.54, 1.807) is 30.5 Å². The third-order valence-electron chi connectivity index (χ3n) is 3.14. The SMILES string of the molecule is CCOC(=O)c1csc(CNCCCc2cccc(Cl)c2F)n1. The second kappa shape index (κ2) is 8.96. The molecule has 0 aliphatic heterocycles. The number of esters is 1. The van der Waals surface area contributed by atoms with Gasteiger partial charge in [0.2, 0.25) is 0 Å². The Balaban J connectivity index is 1.71. The normalized spacial score (nSPS) is 10.7. The summed E-state index contributed by atoms with van der Waals surface area (Å²) in [5, 5.41) is 5.90. The first kappa shape index (κ1) is 17.8. The number of nitrogens with one attached hydrogen (secondary N) is 1. The van der Waals surface area contributed by atoms with Crippen molar-refractivity contribution in [1.82, 2.24) is 10.3 Å². The summed E-state index contributed by atoms with van der Waals surface area (Å²) in [7, 11) is 0. The van der Waals surface area contributed by atoms with Crippen LogP contribution < -0.4 is 5.32 Å². The van der Waals surface area contributed by atoms with E-state index < -0.39 is 5.97 Å². The van der Waals surface area contributed by atoms with Gasteiger partial charge in [0, 0.05) is 11.9 Å². The lowest BCUT2D eigenvalue weighted by atomic mass is 10.1. The molecule has 0 saturated carbocycles. The Morgan fingerprint density at radius 3 is 3.09 bits per heavy atom. The molecule has 0 bridgehead atoms. The molecule has 0 fully saturated rings. The van der Waals surface area contributed by atoms with E-state index in [9.17, 15) is 9.18 Å². The zero-order chi connectivity index (χ0) is 16.7. The highest BCUT2D eigenvalue weighted by Gasteiger charge is 2.11. The summed E-state index contributed by atoms with van der Waals surface area (Å²) in [6.07, 6.45) is 1.40. The van der Waals surface area contributed by atoms with Crippen molar-refractivity contribution in [1.29, 1.82) is 0 Å². The van der Waals surface area contributed by atoms with E-state index in [-0.39, 0.29) is 10.8 Å². The van der Waals surface area contributed by atoms with Crippen molar-refractivity contribution in [3.05, 3.63) is 50.7 Å². The number of rotatable bonds is 8. The first-order chi connectivity index (χ1) is 11.1. The van der Waals surface area contributed by atoms with Crippen molar-refractivity contribution in [2.24, 2.45) is 0 Å². The lowest BCUT2D eigenvalue weighted by Gasteiger charge is -2.05. The molecule has 4 nitrogen and oxygen atoms in total. The van der Waals surface area contributed by atoms with Gasteiger partial charge >= 0.3 is 5.97 Å². The zero-order valence-corrected chi connectivity index (χ0v) is 14.3. The standard InChI is InChI=1S/C16H18ClFN2O2S/c1-2-22-16(21)13-10-23-14(20-13)9-19-8-4-6-11-5-3-7-12(17)15(11)18/h3,5,7,10,19H,2,4,6,8-9H2,1H3. The minimum absolute atomic E-state index is 0.157. The van der Waals surface area contributed by atoms with Crippen LogP contribution in [0.3, 0.4) is 0 Å². The molecule has 2 rings (SSSR count). The maximum Gasteiger partial charge on any atom is 0.357 e. The highest BCUT2D eigenvalue weighted by Crippen LogP contribution is 2.18. The molecule has 0 spiro atoms. The molecule has 23 heavy (non-hydrogen) atoms. The fourth-order valence-corrected chi connectivity index (χ4v) is 2.96. The second-order valence-electron chi connectivity index (χ2n) is 4.84. The Morgan fingerprint density at radius 1 is 1.48 bits per heavy atom. The van der Waals surface area contributed by atoms with Gasteiger partial charge in [-0.15, -0.1) is 11.3 Å². The minimum Gasteiger partial charge on any atom is -0.461 e. The Hall–Kier alpha value is -1.50. The van der Waals surface area contributed by atoms with Crippen molar-refractivity contribution >= 4 is 28.9 Å². The maximum atomic E-state index is 13.7. The van der Waals surface area contributed by atoms with Gasteiger partial charge in [0.05, 0.1) is 11.6 Å². The van der Waals surface area contributed by atoms with Crippen molar-refractivity contribution in [2.45, 2.75) is 26.3 Å². The smallest absolute Gasteiger partial charge is 0.357 e. The van der Waals surface area contributed by atoms with Crippen LogP contribution in [0.5, 0.6) is 0 Å². The first-order valence-corrected chi connectivity index (χ1v) is 8.62. The van der Waals surface area contributed by atoms with E-state index in [1.165, 1.54) is 11.3 Å². The summed E-state index contributed by atoms with van der Waals surface area (Å²) >= 11 is 7.16. The molecule has 0 aliphatic carbocycles. The molecule has 1 heterocycles. The van der Waals surface area contributed by atoms with Gasteiger partial charge in [0.1, 0.15) is 10.8 Å². The molecule has 1 N–H and O–H groups in total. The van der Waals surface area contributed by atoms with Crippen LogP contribution >= 0.6 is 22.9 Å². The molecule has 0 saturated heterocycles. The van der Waals surface area contributed by atoms with Gasteiger partial charge in [-0.3, -0.25) is 0 Å². The van der Waals surface area contributed by atoms with Gasteiger partial charge in [0.15, 0.2) is 5.69 Å². The Labute approximate surface area is 143 Å². The average molecular weight is 357 g/mol. The molecule has 0 aliphatic rings. The number of hydrogen-bond donors (Lipinski definition) is 1. The van der Waals surface area contributed by atoms with Crippen molar-refractivity contribution in [3.63, 3.8) is 0 Å². The van der Waals surface area contributed by atoms with E-state index in [4.69, 9.17) is 16.3 Å². The number of aryl methyl sites for hydroxylation is 1. The van der Waals surface area contributed by atoms with Crippen LogP contribution in [-0.4, -0.2) is 24.1 Å². The zero-order valence-electron chi connectivity index (χ0n) is 12.8. The lowest BCUT2D eigenvalue weighted by molar-refractivity contribution is 0.0520. The molecule has 0 radical (unpaired) electrons. The van der Waals surface area contributed by atoms with Crippen LogP contribution in [0.15, 0.2) is 23.6 Å². The van der Waals surface area contributed by atoms with E-state index in [1.807, 2.05) is 0 Å². The fourth-order valence-electron chi connectivity index (χ4n) is 2.03. The number of aromatic nitrogens is 1. The average Bonchev–Trinajstić information content (AvgIpc) is 3.00. The van der Waals surface area contributed by atoms with Crippen LogP contribution in [0.1, 0.15) is 34.4 Å². The molecule has 0 atom stereocenters. The Bertz CT molecular complexity index is 663. The summed E-state index contributed by atoms with van der Waals surface area (Å²) in [5.74, 6) is -0.736. The van der Waals surface area contributed by atoms with E-state index >= 15 is 0 Å². The van der Waals surface area contributed by atoms with Crippen molar-refractivity contribution in [3.8, 4) is 0 Å². The highest BCUT2D eigenvalue weighted by molar-refractivity contribution is 7.09. The number of nitrogens with zero attached hydrogens (tertiary/aromatic N) is 1. The van der Waals surface area contributed by atoms with Crippen molar-refractivity contribution < 1.29 is 13.9 Å². The molecule has 1 aromatic heterocycles. The largest absolute Gasteiger partial charge is 0.461 e. The third kappa shape index (κ3) is 5.27. The van der Waals surface area contributed by atoms with Gasteiger partial charge in [-0.25, -0.2) is 14.2 Å². The van der Waals surface area contributed by atoms with Gasteiger partial charge in [0.25, 0.3) is 0 Å². The fraction of sp³-hybridized carbons (Fsp3) is 0.375. The Morgan fingerprint density at radius 2 is 2.30 bits per heavy atom. The number of hydrogen-bond acceptors (Lipinski definition) is 5. The van der Waals surface area contributed by atoms with Crippen LogP contribution in [0.4, 0.5) is 4.39 Å². The van der Waals surface area contributed by atoms with Crippen molar-refractivity contribution in [2.75, 3.05) is 13.2 Å². The maximum absolute atomic E-state index is 13.7. The topological polar surface area (TPSA) is 51.2 Å². The van der Waals surface area contributed by atoms with Crippen LogP contribution in [0, 0.1) is 5.82 Å². The number of thiazole rings is 1. The van der Waals surface area contributed by atoms with Gasteiger partial charge in [-0.1, -0.05) is 23.7 Å². The molecular weight excluding hydrogens is 339 g/mol. The monoisotopic (exact) mass is 356 g/mol. The third-order valence-corrected chi connectivity index (χ3v) is 4.28. The molecule has 1 aromatic carbocycles. The number of ether oxygens (including phenoxy) is 1. The van der Waals surface area contributed by atoms with Gasteiger partial charge in [-0.2, -0.15) is 0 Å². The molecule has 0 amide bonds. The number of halogens is 2. The summed E-state index contributed by atoms with van der Waals surface area (Å²) in [4.78, 5) is 15.7. The molecule has 7 heteroatoms. The molecular formula is C16H18ClFN2O2S. The van der Waals surface area contributed by atoms with Gasteiger partial charge < -0.3 is 10.1 Å². The minimum atomic E-state index is -0.397. The lowest BCUT2D eigenvalue weighted by Crippen LogP contribution is -2.15. The van der Waals surface area contributed by atoms with E-state index in [0.29, 0.717) is 30.8 Å². The molecule has 2 aromatic rings. The van der Waals surface area contributed by atoms with Crippen LogP contribution in [0.25, 0.3) is 0 Å². The summed E-state index contributed by atoms with van der Waals surface area (Å²) in [6.45, 7) is 3.39. The van der Waals surface area contributed by atoms with E-state index in [0.717, 1.165) is 18.0 Å². The number of carbonyl (C=O) groups excluding carboxylic acids is 1. The van der Waals surface area contributed by atoms with Crippen LogP contribution in [-0.2, 0) is 17.7 Å². The quantitative estimate of drug-likeness (QED) is 0.577. The number of benzene rings is 1.